The number of nitrogens with one attached hydrogen (secondary N) is 1. The first kappa shape index (κ1) is 14.4. The molecule has 0 aliphatic rings. The van der Waals surface area contributed by atoms with Crippen molar-refractivity contribution in [2.75, 3.05) is 6.54 Å². The van der Waals surface area contributed by atoms with Gasteiger partial charge < -0.3 is 10.4 Å². The van der Waals surface area contributed by atoms with Gasteiger partial charge in [-0.25, -0.2) is 4.39 Å². The van der Waals surface area contributed by atoms with Crippen LogP contribution in [0.1, 0.15) is 19.0 Å². The molecular formula is C15H17FN2O2. The molecule has 1 heterocycles. The average Bonchev–Trinajstić information content (AvgIpc) is 2.42. The van der Waals surface area contributed by atoms with Crippen molar-refractivity contribution in [3.63, 3.8) is 0 Å². The first-order chi connectivity index (χ1) is 9.54. The normalized spacial score (nSPS) is 12.3. The van der Waals surface area contributed by atoms with E-state index in [1.165, 1.54) is 12.1 Å². The number of carbonyl (C=O) groups is 1. The number of fused-ring (bicyclic) bond motifs is 1. The van der Waals surface area contributed by atoms with Crippen LogP contribution in [0.2, 0.25) is 0 Å². The highest BCUT2D eigenvalue weighted by Gasteiger charge is 2.05. The van der Waals surface area contributed by atoms with Crippen LogP contribution in [0.4, 0.5) is 4.39 Å². The molecule has 106 valence electrons. The Kier molecular flexibility index (Phi) is 4.63. The van der Waals surface area contributed by atoms with Crippen molar-refractivity contribution in [3.05, 3.63) is 41.8 Å². The fourth-order valence-electron chi connectivity index (χ4n) is 1.87. The van der Waals surface area contributed by atoms with Crippen LogP contribution in [0.3, 0.4) is 0 Å². The first-order valence-corrected chi connectivity index (χ1v) is 6.54. The van der Waals surface area contributed by atoms with Crippen molar-refractivity contribution in [2.45, 2.75) is 25.9 Å². The average molecular weight is 276 g/mol. The molecule has 0 bridgehead atoms. The summed E-state index contributed by atoms with van der Waals surface area (Å²) in [5, 5.41) is 12.4. The van der Waals surface area contributed by atoms with E-state index in [9.17, 15) is 9.18 Å². The number of benzene rings is 1. The van der Waals surface area contributed by atoms with Crippen LogP contribution >= 0.6 is 0 Å². The van der Waals surface area contributed by atoms with E-state index in [-0.39, 0.29) is 18.3 Å². The molecule has 1 amide bonds. The molecule has 0 spiro atoms. The highest BCUT2D eigenvalue weighted by atomic mass is 19.1. The van der Waals surface area contributed by atoms with E-state index >= 15 is 0 Å². The lowest BCUT2D eigenvalue weighted by molar-refractivity contribution is -0.121. The van der Waals surface area contributed by atoms with Crippen LogP contribution in [0.15, 0.2) is 30.3 Å². The molecule has 0 aliphatic carbocycles. The van der Waals surface area contributed by atoms with Gasteiger partial charge in [0.1, 0.15) is 5.82 Å². The molecule has 2 N–H and O–H groups in total. The quantitative estimate of drug-likeness (QED) is 0.875. The Labute approximate surface area is 116 Å². The Morgan fingerprint density at radius 3 is 2.95 bits per heavy atom. The van der Waals surface area contributed by atoms with Gasteiger partial charge in [0.2, 0.25) is 5.91 Å². The molecule has 1 unspecified atom stereocenters. The van der Waals surface area contributed by atoms with Gasteiger partial charge in [0.15, 0.2) is 0 Å². The van der Waals surface area contributed by atoms with E-state index in [0.717, 1.165) is 11.1 Å². The molecule has 1 aromatic carbocycles. The Morgan fingerprint density at radius 1 is 1.40 bits per heavy atom. The zero-order valence-electron chi connectivity index (χ0n) is 11.3. The number of nitrogens with zero attached hydrogens (tertiary/aromatic N) is 1. The second-order valence-electron chi connectivity index (χ2n) is 4.79. The Balaban J connectivity index is 1.96. The van der Waals surface area contributed by atoms with Gasteiger partial charge in [-0.3, -0.25) is 9.78 Å². The Bertz CT molecular complexity index is 614. The summed E-state index contributed by atoms with van der Waals surface area (Å²) >= 11 is 0. The van der Waals surface area contributed by atoms with Crippen LogP contribution < -0.4 is 5.32 Å². The molecule has 1 atom stereocenters. The van der Waals surface area contributed by atoms with E-state index in [4.69, 9.17) is 5.11 Å². The van der Waals surface area contributed by atoms with Crippen molar-refractivity contribution in [2.24, 2.45) is 0 Å². The summed E-state index contributed by atoms with van der Waals surface area (Å²) in [6.45, 7) is 1.87. The van der Waals surface area contributed by atoms with Gasteiger partial charge in [0, 0.05) is 24.0 Å². The van der Waals surface area contributed by atoms with Gasteiger partial charge in [0.25, 0.3) is 0 Å². The second kappa shape index (κ2) is 6.43. The van der Waals surface area contributed by atoms with Crippen LogP contribution in [0.25, 0.3) is 10.9 Å². The lowest BCUT2D eigenvalue weighted by Gasteiger charge is -2.07. The number of pyridine rings is 1. The number of aliphatic hydroxyl groups is 1. The van der Waals surface area contributed by atoms with Crippen molar-refractivity contribution in [1.82, 2.24) is 10.3 Å². The molecule has 0 fully saturated rings. The minimum Gasteiger partial charge on any atom is -0.392 e. The molecule has 2 rings (SSSR count). The van der Waals surface area contributed by atoms with Crippen molar-refractivity contribution < 1.29 is 14.3 Å². The number of rotatable bonds is 5. The lowest BCUT2D eigenvalue weighted by atomic mass is 10.1. The summed E-state index contributed by atoms with van der Waals surface area (Å²) in [4.78, 5) is 15.9. The second-order valence-corrected chi connectivity index (χ2v) is 4.79. The molecule has 0 saturated heterocycles. The van der Waals surface area contributed by atoms with Crippen molar-refractivity contribution in [1.29, 1.82) is 0 Å². The SMILES string of the molecule is CC(O)CNC(=O)CCc1ccc2cc(F)ccc2n1. The number of amides is 1. The minimum atomic E-state index is -0.548. The zero-order valence-corrected chi connectivity index (χ0v) is 11.3. The zero-order chi connectivity index (χ0) is 14.5. The lowest BCUT2D eigenvalue weighted by Crippen LogP contribution is -2.30. The smallest absolute Gasteiger partial charge is 0.220 e. The molecule has 4 nitrogen and oxygen atoms in total. The van der Waals surface area contributed by atoms with E-state index < -0.39 is 6.10 Å². The van der Waals surface area contributed by atoms with Gasteiger partial charge >= 0.3 is 0 Å². The number of halogens is 1. The fourth-order valence-corrected chi connectivity index (χ4v) is 1.87. The molecule has 0 radical (unpaired) electrons. The van der Waals surface area contributed by atoms with E-state index in [1.54, 1.807) is 25.1 Å². The highest BCUT2D eigenvalue weighted by Crippen LogP contribution is 2.14. The third kappa shape index (κ3) is 3.99. The minimum absolute atomic E-state index is 0.119. The van der Waals surface area contributed by atoms with Gasteiger partial charge in [-0.15, -0.1) is 0 Å². The largest absolute Gasteiger partial charge is 0.392 e. The van der Waals surface area contributed by atoms with Crippen molar-refractivity contribution in [3.8, 4) is 0 Å². The van der Waals surface area contributed by atoms with Gasteiger partial charge in [-0.2, -0.15) is 0 Å². The maximum Gasteiger partial charge on any atom is 0.220 e. The molecule has 1 aromatic heterocycles. The molecule has 0 saturated carbocycles. The third-order valence-electron chi connectivity index (χ3n) is 2.91. The maximum absolute atomic E-state index is 13.0. The standard InChI is InChI=1S/C15H17FN2O2/c1-10(19)9-17-15(20)7-5-13-4-2-11-8-12(16)3-6-14(11)18-13/h2-4,6,8,10,19H,5,7,9H2,1H3,(H,17,20). The maximum atomic E-state index is 13.0. The van der Waals surface area contributed by atoms with Crippen LogP contribution in [0.5, 0.6) is 0 Å². The third-order valence-corrected chi connectivity index (χ3v) is 2.91. The summed E-state index contributed by atoms with van der Waals surface area (Å²) < 4.78 is 13.0. The van der Waals surface area contributed by atoms with Gasteiger partial charge in [-0.1, -0.05) is 6.07 Å². The van der Waals surface area contributed by atoms with Crippen LogP contribution in [0, 0.1) is 5.82 Å². The van der Waals surface area contributed by atoms with E-state index in [0.29, 0.717) is 18.4 Å². The molecule has 0 aliphatic heterocycles. The molecular weight excluding hydrogens is 259 g/mol. The van der Waals surface area contributed by atoms with E-state index in [1.807, 2.05) is 0 Å². The molecule has 2 aromatic rings. The number of hydrogen-bond donors (Lipinski definition) is 2. The van der Waals surface area contributed by atoms with Crippen molar-refractivity contribution >= 4 is 16.8 Å². The number of carbonyl (C=O) groups excluding carboxylic acids is 1. The Hall–Kier alpha value is -2.01. The number of hydrogen-bond acceptors (Lipinski definition) is 3. The molecule has 20 heavy (non-hydrogen) atoms. The predicted octanol–water partition coefficient (Wildman–Crippen LogP) is 1.80. The van der Waals surface area contributed by atoms with Gasteiger partial charge in [0.05, 0.1) is 11.6 Å². The number of aliphatic hydroxyl groups excluding tert-OH is 1. The highest BCUT2D eigenvalue weighted by molar-refractivity contribution is 5.79. The summed E-state index contributed by atoms with van der Waals surface area (Å²) in [5.74, 6) is -0.406. The summed E-state index contributed by atoms with van der Waals surface area (Å²) in [5.41, 5.74) is 1.50. The molecule has 5 heteroatoms. The monoisotopic (exact) mass is 276 g/mol. The fraction of sp³-hybridized carbons (Fsp3) is 0.333. The van der Waals surface area contributed by atoms with Crippen LogP contribution in [-0.4, -0.2) is 28.6 Å². The summed E-state index contributed by atoms with van der Waals surface area (Å²) in [7, 11) is 0. The predicted molar refractivity (Wildman–Crippen MR) is 74.7 cm³/mol. The van der Waals surface area contributed by atoms with Crippen LogP contribution in [-0.2, 0) is 11.2 Å². The Morgan fingerprint density at radius 2 is 2.20 bits per heavy atom. The summed E-state index contributed by atoms with van der Waals surface area (Å²) in [6, 6.07) is 8.02. The topological polar surface area (TPSA) is 62.2 Å². The first-order valence-electron chi connectivity index (χ1n) is 6.54. The summed E-state index contributed by atoms with van der Waals surface area (Å²) in [6.07, 6.45) is 0.276. The van der Waals surface area contributed by atoms with Gasteiger partial charge in [-0.05, 0) is 37.6 Å². The van der Waals surface area contributed by atoms with E-state index in [2.05, 4.69) is 10.3 Å². The number of aromatic nitrogens is 1. The number of aryl methyl sites for hydroxylation is 1.